The van der Waals surface area contributed by atoms with Crippen molar-refractivity contribution in [2.75, 3.05) is 26.2 Å². The number of aliphatic hydroxyl groups excluding tert-OH is 1. The zero-order chi connectivity index (χ0) is 14.5. The Morgan fingerprint density at radius 2 is 2.20 bits per heavy atom. The van der Waals surface area contributed by atoms with Crippen LogP contribution in [0.15, 0.2) is 24.3 Å². The van der Waals surface area contributed by atoms with E-state index in [-0.39, 0.29) is 24.4 Å². The standard InChI is InChI=1S/C16H25FN2O/c1-12(9-19-8-4-5-13(10-19)11-20)16(18)14-6-2-3-7-15(14)17/h2-3,6-7,12-13,16,20H,4-5,8-11,18H2,1H3. The summed E-state index contributed by atoms with van der Waals surface area (Å²) in [5.41, 5.74) is 6.80. The Bertz CT molecular complexity index is 427. The third-order valence-corrected chi connectivity index (χ3v) is 4.28. The summed E-state index contributed by atoms with van der Waals surface area (Å²) in [6, 6.07) is 6.46. The Kier molecular flexibility index (Phi) is 5.52. The van der Waals surface area contributed by atoms with E-state index in [2.05, 4.69) is 11.8 Å². The van der Waals surface area contributed by atoms with Gasteiger partial charge in [0.15, 0.2) is 0 Å². The number of hydrogen-bond acceptors (Lipinski definition) is 3. The van der Waals surface area contributed by atoms with Gasteiger partial charge in [0.2, 0.25) is 0 Å². The topological polar surface area (TPSA) is 49.5 Å². The number of nitrogens with two attached hydrogens (primary N) is 1. The van der Waals surface area contributed by atoms with Crippen molar-refractivity contribution in [2.24, 2.45) is 17.6 Å². The molecule has 0 aliphatic carbocycles. The molecule has 3 nitrogen and oxygen atoms in total. The van der Waals surface area contributed by atoms with Gasteiger partial charge in [0.25, 0.3) is 0 Å². The third-order valence-electron chi connectivity index (χ3n) is 4.28. The largest absolute Gasteiger partial charge is 0.396 e. The molecule has 20 heavy (non-hydrogen) atoms. The van der Waals surface area contributed by atoms with Crippen LogP contribution in [0.25, 0.3) is 0 Å². The smallest absolute Gasteiger partial charge is 0.127 e. The highest BCUT2D eigenvalue weighted by atomic mass is 19.1. The van der Waals surface area contributed by atoms with Gasteiger partial charge in [-0.15, -0.1) is 0 Å². The van der Waals surface area contributed by atoms with Crippen molar-refractivity contribution < 1.29 is 9.50 Å². The van der Waals surface area contributed by atoms with Crippen molar-refractivity contribution in [3.8, 4) is 0 Å². The quantitative estimate of drug-likeness (QED) is 0.869. The average molecular weight is 280 g/mol. The minimum Gasteiger partial charge on any atom is -0.396 e. The maximum atomic E-state index is 13.8. The molecule has 0 amide bonds. The molecule has 1 aromatic rings. The van der Waals surface area contributed by atoms with E-state index in [9.17, 15) is 9.50 Å². The highest BCUT2D eigenvalue weighted by molar-refractivity contribution is 5.21. The van der Waals surface area contributed by atoms with Crippen molar-refractivity contribution >= 4 is 0 Å². The molecule has 0 spiro atoms. The Labute approximate surface area is 120 Å². The second-order valence-electron chi connectivity index (χ2n) is 5.97. The molecule has 112 valence electrons. The monoisotopic (exact) mass is 280 g/mol. The summed E-state index contributed by atoms with van der Waals surface area (Å²) < 4.78 is 13.8. The summed E-state index contributed by atoms with van der Waals surface area (Å²) in [5.74, 6) is 0.337. The van der Waals surface area contributed by atoms with Crippen molar-refractivity contribution in [3.05, 3.63) is 35.6 Å². The highest BCUT2D eigenvalue weighted by Crippen LogP contribution is 2.24. The van der Waals surface area contributed by atoms with Crippen LogP contribution in [0, 0.1) is 17.7 Å². The fourth-order valence-electron chi connectivity index (χ4n) is 3.04. The lowest BCUT2D eigenvalue weighted by molar-refractivity contribution is 0.106. The first-order valence-corrected chi connectivity index (χ1v) is 7.45. The van der Waals surface area contributed by atoms with Gasteiger partial charge in [-0.3, -0.25) is 0 Å². The van der Waals surface area contributed by atoms with Gasteiger partial charge in [-0.2, -0.15) is 0 Å². The van der Waals surface area contributed by atoms with Crippen molar-refractivity contribution in [1.82, 2.24) is 4.90 Å². The maximum Gasteiger partial charge on any atom is 0.127 e. The van der Waals surface area contributed by atoms with Crippen LogP contribution in [0.2, 0.25) is 0 Å². The maximum absolute atomic E-state index is 13.8. The fourth-order valence-corrected chi connectivity index (χ4v) is 3.04. The van der Waals surface area contributed by atoms with Crippen LogP contribution in [-0.2, 0) is 0 Å². The first-order valence-electron chi connectivity index (χ1n) is 7.45. The fraction of sp³-hybridized carbons (Fsp3) is 0.625. The van der Waals surface area contributed by atoms with Gasteiger partial charge >= 0.3 is 0 Å². The molecule has 0 saturated carbocycles. The van der Waals surface area contributed by atoms with E-state index < -0.39 is 0 Å². The number of rotatable bonds is 5. The molecule has 0 bridgehead atoms. The molecule has 1 aliphatic rings. The minimum atomic E-state index is -0.286. The molecule has 3 unspecified atom stereocenters. The lowest BCUT2D eigenvalue weighted by Gasteiger charge is -2.35. The lowest BCUT2D eigenvalue weighted by Crippen LogP contribution is -2.41. The zero-order valence-electron chi connectivity index (χ0n) is 12.1. The predicted molar refractivity (Wildman–Crippen MR) is 78.7 cm³/mol. The van der Waals surface area contributed by atoms with Gasteiger partial charge < -0.3 is 15.7 Å². The number of nitrogens with zero attached hydrogens (tertiary/aromatic N) is 1. The second kappa shape index (κ2) is 7.16. The van der Waals surface area contributed by atoms with E-state index in [0.717, 1.165) is 32.5 Å². The summed E-state index contributed by atoms with van der Waals surface area (Å²) >= 11 is 0. The summed E-state index contributed by atoms with van der Waals surface area (Å²) in [7, 11) is 0. The van der Waals surface area contributed by atoms with Crippen LogP contribution in [0.5, 0.6) is 0 Å². The normalized spacial score (nSPS) is 23.5. The van der Waals surface area contributed by atoms with Crippen molar-refractivity contribution in [3.63, 3.8) is 0 Å². The molecule has 4 heteroatoms. The molecule has 0 radical (unpaired) electrons. The molecule has 1 aliphatic heterocycles. The predicted octanol–water partition coefficient (Wildman–Crippen LogP) is 2.17. The van der Waals surface area contributed by atoms with Gasteiger partial charge in [0.1, 0.15) is 5.82 Å². The lowest BCUT2D eigenvalue weighted by atomic mass is 9.92. The molecule has 1 heterocycles. The van der Waals surface area contributed by atoms with Crippen molar-refractivity contribution in [2.45, 2.75) is 25.8 Å². The Balaban J connectivity index is 1.94. The van der Waals surface area contributed by atoms with Gasteiger partial charge in [0.05, 0.1) is 0 Å². The zero-order valence-corrected chi connectivity index (χ0v) is 12.1. The first-order chi connectivity index (χ1) is 9.61. The van der Waals surface area contributed by atoms with Gasteiger partial charge in [-0.05, 0) is 37.3 Å². The molecule has 2 rings (SSSR count). The van der Waals surface area contributed by atoms with Crippen LogP contribution in [0.3, 0.4) is 0 Å². The van der Waals surface area contributed by atoms with Crippen LogP contribution in [0.4, 0.5) is 4.39 Å². The van der Waals surface area contributed by atoms with E-state index in [1.165, 1.54) is 6.07 Å². The third kappa shape index (κ3) is 3.78. The van der Waals surface area contributed by atoms with Crippen LogP contribution in [-0.4, -0.2) is 36.2 Å². The summed E-state index contributed by atoms with van der Waals surface area (Å²) in [5, 5.41) is 9.27. The number of aliphatic hydroxyl groups is 1. The SMILES string of the molecule is CC(CN1CCCC(CO)C1)C(N)c1ccccc1F. The van der Waals surface area contributed by atoms with Crippen molar-refractivity contribution in [1.29, 1.82) is 0 Å². The molecular weight excluding hydrogens is 255 g/mol. The van der Waals surface area contributed by atoms with E-state index >= 15 is 0 Å². The molecular formula is C16H25FN2O. The average Bonchev–Trinajstić information content (AvgIpc) is 2.47. The highest BCUT2D eigenvalue weighted by Gasteiger charge is 2.24. The molecule has 0 aromatic heterocycles. The minimum absolute atomic E-state index is 0.185. The number of benzene rings is 1. The molecule has 1 saturated heterocycles. The number of likely N-dealkylation sites (tertiary alicyclic amines) is 1. The van der Waals surface area contributed by atoms with Gasteiger partial charge in [-0.25, -0.2) is 4.39 Å². The Hall–Kier alpha value is -0.970. The summed E-state index contributed by atoms with van der Waals surface area (Å²) in [4.78, 5) is 2.34. The Morgan fingerprint density at radius 1 is 1.45 bits per heavy atom. The Morgan fingerprint density at radius 3 is 2.90 bits per heavy atom. The molecule has 1 aromatic carbocycles. The van der Waals surface area contributed by atoms with Gasteiger partial charge in [-0.1, -0.05) is 25.1 Å². The number of hydrogen-bond donors (Lipinski definition) is 2. The number of halogens is 1. The molecule has 1 fully saturated rings. The van der Waals surface area contributed by atoms with Crippen LogP contribution < -0.4 is 5.73 Å². The van der Waals surface area contributed by atoms with Crippen LogP contribution >= 0.6 is 0 Å². The molecule has 3 N–H and O–H groups in total. The second-order valence-corrected chi connectivity index (χ2v) is 5.97. The van der Waals surface area contributed by atoms with Gasteiger partial charge in [0, 0.05) is 31.3 Å². The van der Waals surface area contributed by atoms with E-state index in [1.54, 1.807) is 12.1 Å². The first kappa shape index (κ1) is 15.4. The number of piperidine rings is 1. The molecule has 3 atom stereocenters. The van der Waals surface area contributed by atoms with E-state index in [4.69, 9.17) is 5.73 Å². The van der Waals surface area contributed by atoms with E-state index in [0.29, 0.717) is 11.5 Å². The van der Waals surface area contributed by atoms with E-state index in [1.807, 2.05) is 6.07 Å². The summed E-state index contributed by atoms with van der Waals surface area (Å²) in [6.07, 6.45) is 2.22. The summed E-state index contributed by atoms with van der Waals surface area (Å²) in [6.45, 7) is 5.14. The van der Waals surface area contributed by atoms with Crippen LogP contribution in [0.1, 0.15) is 31.4 Å².